The number of aryl methyl sites for hydroxylation is 2. The van der Waals surface area contributed by atoms with Crippen LogP contribution >= 0.6 is 0 Å². The fourth-order valence-corrected chi connectivity index (χ4v) is 2.92. The van der Waals surface area contributed by atoms with Crippen LogP contribution < -0.4 is 5.32 Å². The summed E-state index contributed by atoms with van der Waals surface area (Å²) in [7, 11) is 0. The Morgan fingerprint density at radius 3 is 2.63 bits per heavy atom. The van der Waals surface area contributed by atoms with Crippen molar-refractivity contribution in [2.75, 3.05) is 0 Å². The number of carbonyl (C=O) groups excluding carboxylic acids is 1. The van der Waals surface area contributed by atoms with Crippen LogP contribution in [0.2, 0.25) is 0 Å². The summed E-state index contributed by atoms with van der Waals surface area (Å²) < 4.78 is 0. The third kappa shape index (κ3) is 2.35. The smallest absolute Gasteiger partial charge is 0.306 e. The second kappa shape index (κ2) is 4.68. The predicted octanol–water partition coefficient (Wildman–Crippen LogP) is 1.77. The lowest BCUT2D eigenvalue weighted by Crippen LogP contribution is -2.46. The first-order valence-corrected chi connectivity index (χ1v) is 6.79. The Bertz CT molecular complexity index is 532. The van der Waals surface area contributed by atoms with Gasteiger partial charge in [-0.15, -0.1) is 0 Å². The zero-order chi connectivity index (χ0) is 13.4. The Labute approximate surface area is 111 Å². The molecule has 0 aliphatic heterocycles. The van der Waals surface area contributed by atoms with E-state index in [0.717, 1.165) is 12.8 Å². The van der Waals surface area contributed by atoms with Crippen LogP contribution in [0.4, 0.5) is 0 Å². The summed E-state index contributed by atoms with van der Waals surface area (Å²) in [6.07, 6.45) is 4.43. The number of amides is 1. The molecule has 2 N–H and O–H groups in total. The lowest BCUT2D eigenvalue weighted by Gasteiger charge is -2.32. The van der Waals surface area contributed by atoms with Gasteiger partial charge in [-0.1, -0.05) is 6.07 Å². The van der Waals surface area contributed by atoms with Crippen molar-refractivity contribution in [3.05, 3.63) is 34.9 Å². The molecule has 4 heteroatoms. The SMILES string of the molecule is O=C(NC1CC(C(=O)O)C1)c1ccc2c(c1)CCC2. The summed E-state index contributed by atoms with van der Waals surface area (Å²) in [5.41, 5.74) is 3.33. The van der Waals surface area contributed by atoms with Crippen LogP contribution in [0.15, 0.2) is 18.2 Å². The first kappa shape index (κ1) is 12.2. The molecule has 0 spiro atoms. The Hall–Kier alpha value is -1.84. The largest absolute Gasteiger partial charge is 0.481 e. The molecule has 19 heavy (non-hydrogen) atoms. The van der Waals surface area contributed by atoms with Crippen molar-refractivity contribution in [3.63, 3.8) is 0 Å². The van der Waals surface area contributed by atoms with Gasteiger partial charge in [-0.3, -0.25) is 9.59 Å². The van der Waals surface area contributed by atoms with Gasteiger partial charge < -0.3 is 10.4 Å². The molecule has 1 saturated carbocycles. The van der Waals surface area contributed by atoms with Gasteiger partial charge in [0, 0.05) is 11.6 Å². The molecular formula is C15H17NO3. The zero-order valence-corrected chi connectivity index (χ0v) is 10.7. The second-order valence-electron chi connectivity index (χ2n) is 5.51. The van der Waals surface area contributed by atoms with Crippen LogP contribution in [-0.4, -0.2) is 23.0 Å². The van der Waals surface area contributed by atoms with Crippen LogP contribution in [0, 0.1) is 5.92 Å². The average Bonchev–Trinajstić information content (AvgIpc) is 2.79. The van der Waals surface area contributed by atoms with Crippen molar-refractivity contribution >= 4 is 11.9 Å². The monoisotopic (exact) mass is 259 g/mol. The molecule has 0 atom stereocenters. The number of carbonyl (C=O) groups is 2. The molecule has 0 bridgehead atoms. The highest BCUT2D eigenvalue weighted by molar-refractivity contribution is 5.94. The third-order valence-electron chi connectivity index (χ3n) is 4.18. The molecule has 2 aliphatic carbocycles. The van der Waals surface area contributed by atoms with E-state index >= 15 is 0 Å². The minimum absolute atomic E-state index is 0.0156. The van der Waals surface area contributed by atoms with Crippen molar-refractivity contribution in [3.8, 4) is 0 Å². The van der Waals surface area contributed by atoms with Crippen LogP contribution in [0.25, 0.3) is 0 Å². The van der Waals surface area contributed by atoms with Crippen LogP contribution in [0.3, 0.4) is 0 Å². The Morgan fingerprint density at radius 2 is 1.89 bits per heavy atom. The first-order valence-electron chi connectivity index (χ1n) is 6.79. The standard InChI is InChI=1S/C15H17NO3/c17-14(16-13-7-12(8-13)15(18)19)11-5-4-9-2-1-3-10(9)6-11/h4-6,12-13H,1-3,7-8H2,(H,16,17)(H,18,19). The molecule has 1 fully saturated rings. The normalized spacial score (nSPS) is 24.4. The van der Waals surface area contributed by atoms with E-state index in [4.69, 9.17) is 5.11 Å². The summed E-state index contributed by atoms with van der Waals surface area (Å²) in [6, 6.07) is 5.90. The van der Waals surface area contributed by atoms with E-state index in [-0.39, 0.29) is 17.9 Å². The van der Waals surface area contributed by atoms with E-state index in [1.165, 1.54) is 17.5 Å². The summed E-state index contributed by atoms with van der Waals surface area (Å²) in [4.78, 5) is 22.8. The van der Waals surface area contributed by atoms with Gasteiger partial charge in [0.05, 0.1) is 5.92 Å². The number of benzene rings is 1. The van der Waals surface area contributed by atoms with Gasteiger partial charge in [0.2, 0.25) is 0 Å². The fourth-order valence-electron chi connectivity index (χ4n) is 2.92. The van der Waals surface area contributed by atoms with Gasteiger partial charge >= 0.3 is 5.97 Å². The Morgan fingerprint density at radius 1 is 1.16 bits per heavy atom. The zero-order valence-electron chi connectivity index (χ0n) is 10.7. The minimum Gasteiger partial charge on any atom is -0.481 e. The lowest BCUT2D eigenvalue weighted by atomic mass is 9.80. The number of rotatable bonds is 3. The molecule has 4 nitrogen and oxygen atoms in total. The molecule has 1 aromatic carbocycles. The van der Waals surface area contributed by atoms with Crippen molar-refractivity contribution < 1.29 is 14.7 Å². The molecule has 2 aliphatic rings. The summed E-state index contributed by atoms with van der Waals surface area (Å²) in [5, 5.41) is 11.7. The van der Waals surface area contributed by atoms with Gasteiger partial charge in [0.25, 0.3) is 5.91 Å². The number of nitrogens with one attached hydrogen (secondary N) is 1. The maximum atomic E-state index is 12.1. The highest BCUT2D eigenvalue weighted by Crippen LogP contribution is 2.28. The number of fused-ring (bicyclic) bond motifs is 1. The number of hydrogen-bond acceptors (Lipinski definition) is 2. The molecule has 0 aromatic heterocycles. The number of carboxylic acids is 1. The van der Waals surface area contributed by atoms with Crippen LogP contribution in [-0.2, 0) is 17.6 Å². The first-order chi connectivity index (χ1) is 9.13. The number of carboxylic acid groups (broad SMARTS) is 1. The lowest BCUT2D eigenvalue weighted by molar-refractivity contribution is -0.145. The highest BCUT2D eigenvalue weighted by atomic mass is 16.4. The molecular weight excluding hydrogens is 242 g/mol. The van der Waals surface area contributed by atoms with Crippen LogP contribution in [0.1, 0.15) is 40.7 Å². The quantitative estimate of drug-likeness (QED) is 0.869. The summed E-state index contributed by atoms with van der Waals surface area (Å²) in [5.74, 6) is -1.13. The fraction of sp³-hybridized carbons (Fsp3) is 0.467. The molecule has 1 amide bonds. The van der Waals surface area contributed by atoms with Crippen molar-refractivity contribution in [1.29, 1.82) is 0 Å². The topological polar surface area (TPSA) is 66.4 Å². The molecule has 100 valence electrons. The third-order valence-corrected chi connectivity index (χ3v) is 4.18. The maximum absolute atomic E-state index is 12.1. The summed E-state index contributed by atoms with van der Waals surface area (Å²) in [6.45, 7) is 0. The van der Waals surface area contributed by atoms with Crippen LogP contribution in [0.5, 0.6) is 0 Å². The van der Waals surface area contributed by atoms with Gasteiger partial charge in [0.15, 0.2) is 0 Å². The van der Waals surface area contributed by atoms with E-state index in [0.29, 0.717) is 18.4 Å². The molecule has 0 radical (unpaired) electrons. The van der Waals surface area contributed by atoms with Gasteiger partial charge in [-0.25, -0.2) is 0 Å². The molecule has 0 heterocycles. The van der Waals surface area contributed by atoms with Crippen molar-refractivity contribution in [2.24, 2.45) is 5.92 Å². The Kier molecular flexibility index (Phi) is 3.01. The van der Waals surface area contributed by atoms with E-state index in [2.05, 4.69) is 5.32 Å². The van der Waals surface area contributed by atoms with Crippen molar-refractivity contribution in [2.45, 2.75) is 38.1 Å². The highest BCUT2D eigenvalue weighted by Gasteiger charge is 2.35. The van der Waals surface area contributed by atoms with E-state index in [9.17, 15) is 9.59 Å². The predicted molar refractivity (Wildman–Crippen MR) is 70.1 cm³/mol. The van der Waals surface area contributed by atoms with E-state index in [1.807, 2.05) is 18.2 Å². The van der Waals surface area contributed by atoms with Gasteiger partial charge in [-0.2, -0.15) is 0 Å². The number of aliphatic carboxylic acids is 1. The van der Waals surface area contributed by atoms with Crippen molar-refractivity contribution in [1.82, 2.24) is 5.32 Å². The van der Waals surface area contributed by atoms with Gasteiger partial charge in [-0.05, 0) is 55.4 Å². The average molecular weight is 259 g/mol. The molecule has 1 aromatic rings. The Balaban J connectivity index is 1.61. The van der Waals surface area contributed by atoms with Gasteiger partial charge in [0.1, 0.15) is 0 Å². The molecule has 0 unspecified atom stereocenters. The number of hydrogen-bond donors (Lipinski definition) is 2. The summed E-state index contributed by atoms with van der Waals surface area (Å²) >= 11 is 0. The second-order valence-corrected chi connectivity index (χ2v) is 5.51. The molecule has 3 rings (SSSR count). The molecule has 0 saturated heterocycles. The maximum Gasteiger partial charge on any atom is 0.306 e. The minimum atomic E-state index is -0.761. The van der Waals surface area contributed by atoms with E-state index in [1.54, 1.807) is 0 Å². The van der Waals surface area contributed by atoms with E-state index < -0.39 is 5.97 Å².